The van der Waals surface area contributed by atoms with Crippen molar-refractivity contribution in [3.8, 4) is 0 Å². The molecule has 8 nitrogen and oxygen atoms in total. The first-order chi connectivity index (χ1) is 16.0. The van der Waals surface area contributed by atoms with Gasteiger partial charge in [-0.3, -0.25) is 5.32 Å². The van der Waals surface area contributed by atoms with Gasteiger partial charge in [0.2, 0.25) is 0 Å². The summed E-state index contributed by atoms with van der Waals surface area (Å²) in [5.41, 5.74) is -0.992. The minimum Gasteiger partial charge on any atom is -0.454 e. The van der Waals surface area contributed by atoms with Crippen molar-refractivity contribution in [3.63, 3.8) is 0 Å². The zero-order valence-electron chi connectivity index (χ0n) is 18.7. The standard InChI is InChI=1S/C24H30N4O4S/c29-22(24(31,19-10-14-33-16-19)18-5-2-1-3-6-18)32-20-15-28(12-8-17(20)9-13-28)23(30)26-21-7-4-11-25-27-21/h4,7,10-11,14,16-18,20,31H,1-3,5-6,8-9,12-13,15H2/p+1/t17?,20?,24-,28?/m1/s1. The van der Waals surface area contributed by atoms with Gasteiger partial charge in [0.25, 0.3) is 0 Å². The molecule has 1 saturated carbocycles. The molecule has 6 rings (SSSR count). The molecule has 2 atom stereocenters. The lowest BCUT2D eigenvalue weighted by Crippen LogP contribution is -2.68. The van der Waals surface area contributed by atoms with E-state index in [0.29, 0.717) is 31.0 Å². The van der Waals surface area contributed by atoms with Crippen LogP contribution in [0.5, 0.6) is 0 Å². The number of thiophene rings is 1. The van der Waals surface area contributed by atoms with Crippen molar-refractivity contribution in [1.82, 2.24) is 10.2 Å². The number of hydrogen-bond donors (Lipinski definition) is 2. The molecule has 0 spiro atoms. The number of nitrogens with zero attached hydrogens (tertiary/aromatic N) is 3. The zero-order valence-corrected chi connectivity index (χ0v) is 19.5. The lowest BCUT2D eigenvalue weighted by Gasteiger charge is -2.50. The molecule has 1 aliphatic carbocycles. The number of rotatable bonds is 5. The van der Waals surface area contributed by atoms with Crippen LogP contribution in [-0.4, -0.2) is 57.5 Å². The maximum absolute atomic E-state index is 13.6. The van der Waals surface area contributed by atoms with Gasteiger partial charge in [-0.2, -0.15) is 16.4 Å². The molecule has 1 unspecified atom stereocenters. The van der Waals surface area contributed by atoms with E-state index in [-0.39, 0.29) is 28.5 Å². The highest BCUT2D eigenvalue weighted by Gasteiger charge is 2.55. The highest BCUT2D eigenvalue weighted by atomic mass is 32.1. The van der Waals surface area contributed by atoms with Gasteiger partial charge >= 0.3 is 12.0 Å². The van der Waals surface area contributed by atoms with Gasteiger partial charge in [-0.05, 0) is 41.8 Å². The molecule has 3 saturated heterocycles. The van der Waals surface area contributed by atoms with Crippen LogP contribution in [0, 0.1) is 11.8 Å². The summed E-state index contributed by atoms with van der Waals surface area (Å²) in [6, 6.07) is 5.13. The van der Waals surface area contributed by atoms with E-state index >= 15 is 0 Å². The van der Waals surface area contributed by atoms with E-state index in [4.69, 9.17) is 4.74 Å². The average molecular weight is 472 g/mol. The molecule has 2 bridgehead atoms. The Morgan fingerprint density at radius 2 is 1.94 bits per heavy atom. The van der Waals surface area contributed by atoms with Crippen molar-refractivity contribution in [1.29, 1.82) is 0 Å². The first-order valence-corrected chi connectivity index (χ1v) is 12.9. The fourth-order valence-electron chi connectivity index (χ4n) is 5.90. The Morgan fingerprint density at radius 1 is 1.15 bits per heavy atom. The monoisotopic (exact) mass is 471 g/mol. The number of hydrogen-bond acceptors (Lipinski definition) is 7. The largest absolute Gasteiger partial charge is 0.454 e. The fourth-order valence-corrected chi connectivity index (χ4v) is 6.60. The number of urea groups is 1. The molecule has 33 heavy (non-hydrogen) atoms. The van der Waals surface area contributed by atoms with Crippen LogP contribution in [0.25, 0.3) is 0 Å². The Labute approximate surface area is 197 Å². The molecule has 4 aliphatic rings. The van der Waals surface area contributed by atoms with E-state index in [9.17, 15) is 14.7 Å². The minimum absolute atomic E-state index is 0.141. The normalized spacial score (nSPS) is 29.2. The number of nitrogens with one attached hydrogen (secondary N) is 1. The molecule has 4 fully saturated rings. The quantitative estimate of drug-likeness (QED) is 0.509. The summed E-state index contributed by atoms with van der Waals surface area (Å²) in [5, 5.41) is 26.2. The van der Waals surface area contributed by atoms with E-state index in [1.54, 1.807) is 18.3 Å². The maximum Gasteiger partial charge on any atom is 0.422 e. The number of esters is 1. The number of piperidine rings is 3. The third-order valence-electron chi connectivity index (χ3n) is 7.88. The number of aliphatic hydroxyl groups is 1. The molecule has 2 amide bonds. The van der Waals surface area contributed by atoms with Crippen LogP contribution >= 0.6 is 11.3 Å². The predicted molar refractivity (Wildman–Crippen MR) is 123 cm³/mol. The Morgan fingerprint density at radius 3 is 2.61 bits per heavy atom. The van der Waals surface area contributed by atoms with Gasteiger partial charge in [0.15, 0.2) is 17.5 Å². The highest BCUT2D eigenvalue weighted by Crippen LogP contribution is 2.43. The highest BCUT2D eigenvalue weighted by molar-refractivity contribution is 7.08. The van der Waals surface area contributed by atoms with Crippen LogP contribution in [0.4, 0.5) is 10.6 Å². The molecular formula is C24H31N4O4S+. The second-order valence-corrected chi connectivity index (χ2v) is 10.5. The second-order valence-electron chi connectivity index (χ2n) is 9.71. The maximum atomic E-state index is 13.6. The molecule has 2 aromatic rings. The van der Waals surface area contributed by atoms with Crippen LogP contribution in [0.3, 0.4) is 0 Å². The Hall–Kier alpha value is -2.36. The molecule has 3 aliphatic heterocycles. The summed E-state index contributed by atoms with van der Waals surface area (Å²) >= 11 is 1.48. The van der Waals surface area contributed by atoms with Gasteiger partial charge in [-0.25, -0.2) is 14.1 Å². The van der Waals surface area contributed by atoms with Crippen molar-refractivity contribution >= 4 is 29.2 Å². The lowest BCUT2D eigenvalue weighted by atomic mass is 9.74. The molecule has 2 N–H and O–H groups in total. The fraction of sp³-hybridized carbons (Fsp3) is 0.583. The number of quaternary nitrogens is 1. The summed E-state index contributed by atoms with van der Waals surface area (Å²) in [5.74, 6) is -0.0618. The third kappa shape index (κ3) is 4.18. The minimum atomic E-state index is -1.63. The van der Waals surface area contributed by atoms with Crippen LogP contribution in [-0.2, 0) is 15.1 Å². The number of carbonyl (C=O) groups excluding carboxylic acids is 2. The SMILES string of the molecule is O=C(OC1C[N+]2(C(=O)Nc3cccnn3)CCC1CC2)[C@](O)(c1ccsc1)C1CCCCC1. The molecule has 0 aromatic carbocycles. The second kappa shape index (κ2) is 9.12. The van der Waals surface area contributed by atoms with Crippen LogP contribution < -0.4 is 5.32 Å². The van der Waals surface area contributed by atoms with Gasteiger partial charge in [0.05, 0.1) is 13.1 Å². The van der Waals surface area contributed by atoms with Crippen molar-refractivity contribution in [2.24, 2.45) is 11.8 Å². The van der Waals surface area contributed by atoms with Crippen LogP contribution in [0.2, 0.25) is 0 Å². The Bertz CT molecular complexity index is 972. The topological polar surface area (TPSA) is 101 Å². The van der Waals surface area contributed by atoms with E-state index in [1.165, 1.54) is 11.3 Å². The average Bonchev–Trinajstić information content (AvgIpc) is 3.41. The van der Waals surface area contributed by atoms with Crippen LogP contribution in [0.1, 0.15) is 50.5 Å². The predicted octanol–water partition coefficient (Wildman–Crippen LogP) is 3.69. The van der Waals surface area contributed by atoms with Crippen molar-refractivity contribution < 1.29 is 23.9 Å². The first-order valence-electron chi connectivity index (χ1n) is 11.9. The summed E-state index contributed by atoms with van der Waals surface area (Å²) < 4.78 is 6.30. The summed E-state index contributed by atoms with van der Waals surface area (Å²) in [7, 11) is 0. The zero-order chi connectivity index (χ0) is 22.9. The number of fused-ring (bicyclic) bond motifs is 3. The van der Waals surface area contributed by atoms with Gasteiger partial charge < -0.3 is 9.84 Å². The van der Waals surface area contributed by atoms with Gasteiger partial charge in [0, 0.05) is 36.4 Å². The Kier molecular flexibility index (Phi) is 6.20. The summed E-state index contributed by atoms with van der Waals surface area (Å²) in [4.78, 5) is 26.8. The van der Waals surface area contributed by atoms with E-state index < -0.39 is 11.6 Å². The molecule has 176 valence electrons. The summed E-state index contributed by atoms with van der Waals surface area (Å²) in [6.45, 7) is 1.84. The van der Waals surface area contributed by atoms with Crippen molar-refractivity contribution in [2.75, 3.05) is 25.0 Å². The third-order valence-corrected chi connectivity index (χ3v) is 8.56. The molecular weight excluding hydrogens is 440 g/mol. The molecule has 9 heteroatoms. The Balaban J connectivity index is 1.34. The number of amides is 2. The van der Waals surface area contributed by atoms with Crippen LogP contribution in [0.15, 0.2) is 35.2 Å². The number of carbonyl (C=O) groups is 2. The summed E-state index contributed by atoms with van der Waals surface area (Å²) in [6.07, 6.45) is 7.59. The molecule has 2 aromatic heterocycles. The van der Waals surface area contributed by atoms with Gasteiger partial charge in [0.1, 0.15) is 6.54 Å². The van der Waals surface area contributed by atoms with E-state index in [1.807, 2.05) is 16.8 Å². The van der Waals surface area contributed by atoms with Crippen molar-refractivity contribution in [2.45, 2.75) is 56.7 Å². The number of aromatic nitrogens is 2. The smallest absolute Gasteiger partial charge is 0.422 e. The molecule has 0 radical (unpaired) electrons. The van der Waals surface area contributed by atoms with Gasteiger partial charge in [-0.15, -0.1) is 5.10 Å². The number of ether oxygens (including phenoxy) is 1. The number of anilines is 1. The molecule has 5 heterocycles. The van der Waals surface area contributed by atoms with E-state index in [2.05, 4.69) is 15.5 Å². The van der Waals surface area contributed by atoms with Crippen molar-refractivity contribution in [3.05, 3.63) is 40.7 Å². The lowest BCUT2D eigenvalue weighted by molar-refractivity contribution is -0.869. The van der Waals surface area contributed by atoms with E-state index in [0.717, 1.165) is 44.9 Å². The first kappa shape index (κ1) is 22.4. The van der Waals surface area contributed by atoms with Gasteiger partial charge in [-0.1, -0.05) is 19.3 Å².